The summed E-state index contributed by atoms with van der Waals surface area (Å²) in [6.45, 7) is 4.42. The summed E-state index contributed by atoms with van der Waals surface area (Å²) >= 11 is 3.39. The maximum absolute atomic E-state index is 12.2. The van der Waals surface area contributed by atoms with Crippen LogP contribution in [0.1, 0.15) is 30.8 Å². The minimum Gasteiger partial charge on any atom is -0.346 e. The molecule has 6 heteroatoms. The van der Waals surface area contributed by atoms with Gasteiger partial charge in [-0.05, 0) is 51.1 Å². The first-order chi connectivity index (χ1) is 9.91. The van der Waals surface area contributed by atoms with E-state index in [2.05, 4.69) is 26.2 Å². The number of hydrogen-bond acceptors (Lipinski definition) is 3. The monoisotopic (exact) mass is 350 g/mol. The smallest absolute Gasteiger partial charge is 0.271 e. The van der Waals surface area contributed by atoms with Gasteiger partial charge in [-0.15, -0.1) is 0 Å². The summed E-state index contributed by atoms with van der Waals surface area (Å²) in [5, 5.41) is 2.95. The highest BCUT2D eigenvalue weighted by molar-refractivity contribution is 9.10. The minimum atomic E-state index is -0.340. The SMILES string of the molecule is CC(C)(CCN)NC(=O)c1cn(-c2ccc(Br)cc2)cn1. The summed E-state index contributed by atoms with van der Waals surface area (Å²) in [4.78, 5) is 16.4. The van der Waals surface area contributed by atoms with Crippen LogP contribution in [0, 0.1) is 0 Å². The third-order valence-electron chi connectivity index (χ3n) is 3.16. The summed E-state index contributed by atoms with van der Waals surface area (Å²) in [6.07, 6.45) is 4.07. The fourth-order valence-electron chi connectivity index (χ4n) is 1.99. The molecule has 0 aliphatic heterocycles. The highest BCUT2D eigenvalue weighted by Crippen LogP contribution is 2.15. The Morgan fingerprint density at radius 3 is 2.67 bits per heavy atom. The van der Waals surface area contributed by atoms with Crippen LogP contribution in [-0.2, 0) is 0 Å². The van der Waals surface area contributed by atoms with Crippen molar-refractivity contribution < 1.29 is 4.79 Å². The average Bonchev–Trinajstić information content (AvgIpc) is 2.88. The fourth-order valence-corrected chi connectivity index (χ4v) is 2.25. The zero-order valence-electron chi connectivity index (χ0n) is 12.1. The minimum absolute atomic E-state index is 0.190. The number of halogens is 1. The maximum atomic E-state index is 12.2. The number of benzene rings is 1. The lowest BCUT2D eigenvalue weighted by atomic mass is 10.0. The highest BCUT2D eigenvalue weighted by atomic mass is 79.9. The van der Waals surface area contributed by atoms with E-state index in [4.69, 9.17) is 5.73 Å². The van der Waals surface area contributed by atoms with Gasteiger partial charge in [0.1, 0.15) is 12.0 Å². The van der Waals surface area contributed by atoms with Gasteiger partial charge in [0.15, 0.2) is 0 Å². The third-order valence-corrected chi connectivity index (χ3v) is 3.69. The number of carbonyl (C=O) groups excluding carboxylic acids is 1. The molecular weight excluding hydrogens is 332 g/mol. The van der Waals surface area contributed by atoms with E-state index in [9.17, 15) is 4.79 Å². The molecule has 0 unspecified atom stereocenters. The molecule has 0 fully saturated rings. The lowest BCUT2D eigenvalue weighted by Gasteiger charge is -2.25. The number of imidazole rings is 1. The quantitative estimate of drug-likeness (QED) is 0.869. The van der Waals surface area contributed by atoms with E-state index >= 15 is 0 Å². The Kier molecular flexibility index (Phi) is 4.80. The Hall–Kier alpha value is -1.66. The maximum Gasteiger partial charge on any atom is 0.271 e. The van der Waals surface area contributed by atoms with Crippen molar-refractivity contribution >= 4 is 21.8 Å². The molecule has 0 atom stereocenters. The number of nitrogens with two attached hydrogens (primary N) is 1. The first-order valence-corrected chi connectivity index (χ1v) is 7.53. The summed E-state index contributed by atoms with van der Waals surface area (Å²) < 4.78 is 2.82. The Balaban J connectivity index is 2.12. The number of nitrogens with zero attached hydrogens (tertiary/aromatic N) is 2. The molecule has 1 heterocycles. The zero-order valence-corrected chi connectivity index (χ0v) is 13.7. The zero-order chi connectivity index (χ0) is 15.5. The number of hydrogen-bond donors (Lipinski definition) is 2. The van der Waals surface area contributed by atoms with Crippen molar-refractivity contribution in [3.05, 3.63) is 47.0 Å². The van der Waals surface area contributed by atoms with Crippen LogP contribution in [0.25, 0.3) is 5.69 Å². The van der Waals surface area contributed by atoms with Gasteiger partial charge >= 0.3 is 0 Å². The largest absolute Gasteiger partial charge is 0.346 e. The summed E-state index contributed by atoms with van der Waals surface area (Å²) in [7, 11) is 0. The topological polar surface area (TPSA) is 72.9 Å². The van der Waals surface area contributed by atoms with Crippen LogP contribution in [0.15, 0.2) is 41.3 Å². The van der Waals surface area contributed by atoms with E-state index in [0.29, 0.717) is 18.7 Å². The van der Waals surface area contributed by atoms with Gasteiger partial charge in [0.2, 0.25) is 0 Å². The molecule has 0 aliphatic carbocycles. The first kappa shape index (κ1) is 15.7. The first-order valence-electron chi connectivity index (χ1n) is 6.74. The van der Waals surface area contributed by atoms with E-state index in [0.717, 1.165) is 10.2 Å². The van der Waals surface area contributed by atoms with Crippen LogP contribution in [0.3, 0.4) is 0 Å². The molecule has 1 amide bonds. The van der Waals surface area contributed by atoms with Gasteiger partial charge in [-0.2, -0.15) is 0 Å². The number of nitrogens with one attached hydrogen (secondary N) is 1. The summed E-state index contributed by atoms with van der Waals surface area (Å²) in [5.74, 6) is -0.190. The second kappa shape index (κ2) is 6.41. The van der Waals surface area contributed by atoms with Crippen molar-refractivity contribution in [1.29, 1.82) is 0 Å². The Labute approximate surface area is 132 Å². The third kappa shape index (κ3) is 4.15. The Morgan fingerprint density at radius 2 is 2.05 bits per heavy atom. The van der Waals surface area contributed by atoms with E-state index < -0.39 is 0 Å². The molecule has 5 nitrogen and oxygen atoms in total. The summed E-state index contributed by atoms with van der Waals surface area (Å²) in [6, 6.07) is 7.79. The number of rotatable bonds is 5. The van der Waals surface area contributed by atoms with Gasteiger partial charge in [-0.3, -0.25) is 4.79 Å². The van der Waals surface area contributed by atoms with Crippen LogP contribution >= 0.6 is 15.9 Å². The Bertz CT molecular complexity index is 619. The molecule has 112 valence electrons. The van der Waals surface area contributed by atoms with Crippen molar-refractivity contribution in [3.63, 3.8) is 0 Å². The van der Waals surface area contributed by atoms with Gasteiger partial charge in [-0.1, -0.05) is 15.9 Å². The number of carbonyl (C=O) groups is 1. The lowest BCUT2D eigenvalue weighted by molar-refractivity contribution is 0.0905. The van der Waals surface area contributed by atoms with Crippen LogP contribution in [0.5, 0.6) is 0 Å². The van der Waals surface area contributed by atoms with Gasteiger partial charge in [-0.25, -0.2) is 4.98 Å². The average molecular weight is 351 g/mol. The van der Waals surface area contributed by atoms with Crippen LogP contribution in [-0.4, -0.2) is 27.5 Å². The Morgan fingerprint density at radius 1 is 1.38 bits per heavy atom. The van der Waals surface area contributed by atoms with Crippen LogP contribution in [0.4, 0.5) is 0 Å². The molecule has 0 bridgehead atoms. The van der Waals surface area contributed by atoms with Crippen molar-refractivity contribution in [2.75, 3.05) is 6.54 Å². The molecule has 2 rings (SSSR count). The second-order valence-electron chi connectivity index (χ2n) is 5.52. The van der Waals surface area contributed by atoms with Gasteiger partial charge < -0.3 is 15.6 Å². The van der Waals surface area contributed by atoms with E-state index in [-0.39, 0.29) is 11.4 Å². The second-order valence-corrected chi connectivity index (χ2v) is 6.43. The molecule has 1 aromatic carbocycles. The molecule has 0 saturated carbocycles. The molecule has 21 heavy (non-hydrogen) atoms. The van der Waals surface area contributed by atoms with E-state index in [1.807, 2.05) is 42.7 Å². The lowest BCUT2D eigenvalue weighted by Crippen LogP contribution is -2.44. The number of aromatic nitrogens is 2. The van der Waals surface area contributed by atoms with Crippen molar-refractivity contribution in [1.82, 2.24) is 14.9 Å². The van der Waals surface area contributed by atoms with Crippen LogP contribution < -0.4 is 11.1 Å². The molecule has 0 aliphatic rings. The fraction of sp³-hybridized carbons (Fsp3) is 0.333. The van der Waals surface area contributed by atoms with E-state index in [1.165, 1.54) is 0 Å². The van der Waals surface area contributed by atoms with Crippen molar-refractivity contribution in [2.45, 2.75) is 25.8 Å². The van der Waals surface area contributed by atoms with Crippen molar-refractivity contribution in [2.24, 2.45) is 5.73 Å². The number of amides is 1. The molecule has 0 spiro atoms. The molecule has 1 aromatic heterocycles. The molecule has 2 aromatic rings. The molecule has 0 radical (unpaired) electrons. The van der Waals surface area contributed by atoms with E-state index in [1.54, 1.807) is 12.5 Å². The normalized spacial score (nSPS) is 11.4. The van der Waals surface area contributed by atoms with Gasteiger partial charge in [0.25, 0.3) is 5.91 Å². The molecular formula is C15H19BrN4O. The standard InChI is InChI=1S/C15H19BrN4O/c1-15(2,7-8-17)19-14(21)13-9-20(10-18-13)12-5-3-11(16)4-6-12/h3-6,9-10H,7-8,17H2,1-2H3,(H,19,21). The predicted molar refractivity (Wildman–Crippen MR) is 86.5 cm³/mol. The van der Waals surface area contributed by atoms with Crippen LogP contribution in [0.2, 0.25) is 0 Å². The highest BCUT2D eigenvalue weighted by Gasteiger charge is 2.21. The predicted octanol–water partition coefficient (Wildman–Crippen LogP) is 2.49. The van der Waals surface area contributed by atoms with Crippen molar-refractivity contribution in [3.8, 4) is 5.69 Å². The molecule has 3 N–H and O–H groups in total. The molecule has 0 saturated heterocycles. The van der Waals surface area contributed by atoms with Gasteiger partial charge in [0.05, 0.1) is 0 Å². The van der Waals surface area contributed by atoms with Gasteiger partial charge in [0, 0.05) is 21.9 Å². The summed E-state index contributed by atoms with van der Waals surface area (Å²) in [5.41, 5.74) is 6.55.